The molecular formula is C16H15. The van der Waals surface area contributed by atoms with Crippen LogP contribution in [0.2, 0.25) is 0 Å². The number of benzene rings is 2. The molecule has 0 saturated carbocycles. The van der Waals surface area contributed by atoms with Gasteiger partial charge in [-0.3, -0.25) is 0 Å². The second-order valence-electron chi connectivity index (χ2n) is 4.64. The predicted molar refractivity (Wildman–Crippen MR) is 68.6 cm³/mol. The summed E-state index contributed by atoms with van der Waals surface area (Å²) in [4.78, 5) is 0. The van der Waals surface area contributed by atoms with Crippen molar-refractivity contribution in [3.8, 4) is 11.1 Å². The Hall–Kier alpha value is -1.56. The molecule has 0 amide bonds. The predicted octanol–water partition coefficient (Wildman–Crippen LogP) is 4.19. The molecule has 0 atom stereocenters. The number of fused-ring (bicyclic) bond motifs is 3. The van der Waals surface area contributed by atoms with Crippen molar-refractivity contribution in [2.45, 2.75) is 20.8 Å². The first-order valence-electron chi connectivity index (χ1n) is 5.73. The van der Waals surface area contributed by atoms with Gasteiger partial charge in [-0.1, -0.05) is 30.3 Å². The lowest BCUT2D eigenvalue weighted by atomic mass is 9.94. The molecule has 0 unspecified atom stereocenters. The van der Waals surface area contributed by atoms with Gasteiger partial charge in [0.1, 0.15) is 0 Å². The average Bonchev–Trinajstić information content (AvgIpc) is 2.65. The summed E-state index contributed by atoms with van der Waals surface area (Å²) in [6, 6.07) is 11.0. The number of rotatable bonds is 0. The first kappa shape index (κ1) is 9.65. The molecule has 0 bridgehead atoms. The Labute approximate surface area is 96.9 Å². The lowest BCUT2D eigenvalue weighted by molar-refractivity contribution is 1.24. The molecule has 16 heavy (non-hydrogen) atoms. The van der Waals surface area contributed by atoms with Gasteiger partial charge in [-0.25, -0.2) is 0 Å². The Kier molecular flexibility index (Phi) is 1.94. The minimum Gasteiger partial charge on any atom is -0.0619 e. The zero-order valence-electron chi connectivity index (χ0n) is 9.96. The lowest BCUT2D eigenvalue weighted by Gasteiger charge is -2.11. The van der Waals surface area contributed by atoms with E-state index in [1.165, 1.54) is 38.9 Å². The molecule has 0 aliphatic heterocycles. The molecule has 1 aliphatic rings. The third kappa shape index (κ3) is 1.16. The standard InChI is InChI=1S/C16H15/c1-10-8-16-14-7-5-4-6-13(14)9-15(16)12(3)11(10)2/h4-9H,1-3H3. The molecule has 1 radical (unpaired) electrons. The third-order valence-electron chi connectivity index (χ3n) is 3.76. The monoisotopic (exact) mass is 207 g/mol. The minimum absolute atomic E-state index is 1.35. The molecule has 0 nitrogen and oxygen atoms in total. The Bertz CT molecular complexity index is 577. The summed E-state index contributed by atoms with van der Waals surface area (Å²) in [6.07, 6.45) is 2.31. The highest BCUT2D eigenvalue weighted by Gasteiger charge is 2.21. The summed E-state index contributed by atoms with van der Waals surface area (Å²) in [5, 5.41) is 0. The van der Waals surface area contributed by atoms with Crippen LogP contribution in [0.5, 0.6) is 0 Å². The summed E-state index contributed by atoms with van der Waals surface area (Å²) in [7, 11) is 0. The number of hydrogen-bond donors (Lipinski definition) is 0. The van der Waals surface area contributed by atoms with Gasteiger partial charge in [0.25, 0.3) is 0 Å². The van der Waals surface area contributed by atoms with Crippen molar-refractivity contribution in [1.82, 2.24) is 0 Å². The molecule has 1 aliphatic carbocycles. The van der Waals surface area contributed by atoms with E-state index in [0.29, 0.717) is 0 Å². The third-order valence-corrected chi connectivity index (χ3v) is 3.76. The second-order valence-corrected chi connectivity index (χ2v) is 4.64. The molecule has 3 rings (SSSR count). The fourth-order valence-electron chi connectivity index (χ4n) is 2.53. The maximum absolute atomic E-state index is 2.32. The molecule has 0 spiro atoms. The summed E-state index contributed by atoms with van der Waals surface area (Å²) in [5.74, 6) is 0. The van der Waals surface area contributed by atoms with E-state index in [1.54, 1.807) is 0 Å². The van der Waals surface area contributed by atoms with Crippen molar-refractivity contribution < 1.29 is 0 Å². The smallest absolute Gasteiger partial charge is 0.0214 e. The van der Waals surface area contributed by atoms with Gasteiger partial charge in [-0.15, -0.1) is 0 Å². The van der Waals surface area contributed by atoms with Gasteiger partial charge in [0.2, 0.25) is 0 Å². The van der Waals surface area contributed by atoms with E-state index in [-0.39, 0.29) is 0 Å². The van der Waals surface area contributed by atoms with Crippen LogP contribution in [0.4, 0.5) is 0 Å². The van der Waals surface area contributed by atoms with Crippen molar-refractivity contribution >= 4 is 0 Å². The quantitative estimate of drug-likeness (QED) is 0.518. The van der Waals surface area contributed by atoms with Gasteiger partial charge >= 0.3 is 0 Å². The van der Waals surface area contributed by atoms with Crippen LogP contribution in [0.25, 0.3) is 11.1 Å². The highest BCUT2D eigenvalue weighted by Crippen LogP contribution is 2.41. The lowest BCUT2D eigenvalue weighted by Crippen LogP contribution is -1.92. The first-order valence-corrected chi connectivity index (χ1v) is 5.73. The summed E-state index contributed by atoms with van der Waals surface area (Å²) in [5.41, 5.74) is 9.77. The Morgan fingerprint density at radius 1 is 0.812 bits per heavy atom. The van der Waals surface area contributed by atoms with E-state index in [2.05, 4.69) is 57.5 Å². The van der Waals surface area contributed by atoms with Crippen LogP contribution < -0.4 is 0 Å². The molecule has 2 aromatic carbocycles. The van der Waals surface area contributed by atoms with Crippen molar-refractivity contribution in [1.29, 1.82) is 0 Å². The molecular weight excluding hydrogens is 192 g/mol. The topological polar surface area (TPSA) is 0 Å². The van der Waals surface area contributed by atoms with Crippen molar-refractivity contribution in [3.05, 3.63) is 64.6 Å². The highest BCUT2D eigenvalue weighted by molar-refractivity contribution is 5.83. The van der Waals surface area contributed by atoms with Gasteiger partial charge < -0.3 is 0 Å². The van der Waals surface area contributed by atoms with Crippen LogP contribution in [0.1, 0.15) is 27.8 Å². The zero-order valence-corrected chi connectivity index (χ0v) is 9.96. The Morgan fingerprint density at radius 2 is 1.56 bits per heavy atom. The largest absolute Gasteiger partial charge is 0.0619 e. The summed E-state index contributed by atoms with van der Waals surface area (Å²) in [6.45, 7) is 6.63. The molecule has 2 aromatic rings. The van der Waals surface area contributed by atoms with Crippen molar-refractivity contribution in [2.24, 2.45) is 0 Å². The minimum atomic E-state index is 1.35. The van der Waals surface area contributed by atoms with E-state index in [4.69, 9.17) is 0 Å². The second kappa shape index (κ2) is 3.21. The molecule has 0 N–H and O–H groups in total. The van der Waals surface area contributed by atoms with E-state index >= 15 is 0 Å². The van der Waals surface area contributed by atoms with E-state index < -0.39 is 0 Å². The SMILES string of the molecule is Cc1cc2c(c(C)c1C)[CH]c1ccccc1-2. The highest BCUT2D eigenvalue weighted by atomic mass is 14.2. The van der Waals surface area contributed by atoms with Gasteiger partial charge in [0.15, 0.2) is 0 Å². The zero-order chi connectivity index (χ0) is 11.3. The van der Waals surface area contributed by atoms with Crippen LogP contribution in [-0.2, 0) is 0 Å². The summed E-state index contributed by atoms with van der Waals surface area (Å²) < 4.78 is 0. The van der Waals surface area contributed by atoms with Crippen molar-refractivity contribution in [2.75, 3.05) is 0 Å². The van der Waals surface area contributed by atoms with Gasteiger partial charge in [0.05, 0.1) is 0 Å². The van der Waals surface area contributed by atoms with Crippen LogP contribution in [0, 0.1) is 27.2 Å². The maximum atomic E-state index is 2.32. The number of aryl methyl sites for hydroxylation is 1. The maximum Gasteiger partial charge on any atom is 0.0214 e. The number of hydrogen-bond acceptors (Lipinski definition) is 0. The van der Waals surface area contributed by atoms with Crippen LogP contribution >= 0.6 is 0 Å². The Balaban J connectivity index is 2.34. The fourth-order valence-corrected chi connectivity index (χ4v) is 2.53. The average molecular weight is 207 g/mol. The van der Waals surface area contributed by atoms with E-state index in [1.807, 2.05) is 0 Å². The van der Waals surface area contributed by atoms with Gasteiger partial charge in [-0.05, 0) is 59.7 Å². The van der Waals surface area contributed by atoms with E-state index in [9.17, 15) is 0 Å². The molecule has 0 heterocycles. The Morgan fingerprint density at radius 3 is 2.38 bits per heavy atom. The van der Waals surface area contributed by atoms with Crippen molar-refractivity contribution in [3.63, 3.8) is 0 Å². The van der Waals surface area contributed by atoms with Crippen LogP contribution in [-0.4, -0.2) is 0 Å². The van der Waals surface area contributed by atoms with E-state index in [0.717, 1.165) is 0 Å². The molecule has 0 fully saturated rings. The normalized spacial score (nSPS) is 12.4. The van der Waals surface area contributed by atoms with Crippen LogP contribution in [0.3, 0.4) is 0 Å². The first-order chi connectivity index (χ1) is 7.68. The van der Waals surface area contributed by atoms with Gasteiger partial charge in [-0.2, -0.15) is 0 Å². The van der Waals surface area contributed by atoms with Crippen LogP contribution in [0.15, 0.2) is 30.3 Å². The fraction of sp³-hybridized carbons (Fsp3) is 0.188. The summed E-state index contributed by atoms with van der Waals surface area (Å²) >= 11 is 0. The molecule has 0 heteroatoms. The molecule has 79 valence electrons. The molecule has 0 aromatic heterocycles. The molecule has 0 saturated heterocycles. The van der Waals surface area contributed by atoms with Gasteiger partial charge in [0, 0.05) is 6.42 Å².